The Labute approximate surface area is 152 Å². The number of aryl methyl sites for hydroxylation is 2. The molecule has 0 radical (unpaired) electrons. The van der Waals surface area contributed by atoms with Crippen LogP contribution in [0.15, 0.2) is 47.4 Å². The number of methoxy groups -OCH3 is 1. The van der Waals surface area contributed by atoms with Crippen LogP contribution in [-0.4, -0.2) is 34.1 Å². The van der Waals surface area contributed by atoms with Crippen LogP contribution in [0.5, 0.6) is 0 Å². The van der Waals surface area contributed by atoms with Gasteiger partial charge in [-0.25, -0.2) is 18.0 Å². The minimum atomic E-state index is -3.90. The third-order valence-electron chi connectivity index (χ3n) is 3.57. The maximum absolute atomic E-state index is 12.7. The molecular formula is C18H19NO6S. The normalized spacial score (nSPS) is 10.9. The molecule has 0 aliphatic rings. The number of hydrogen-bond donors (Lipinski definition) is 1. The first-order valence-electron chi connectivity index (χ1n) is 7.67. The quantitative estimate of drug-likeness (QED) is 0.777. The van der Waals surface area contributed by atoms with Gasteiger partial charge in [0, 0.05) is 5.69 Å². The molecule has 0 amide bonds. The number of benzene rings is 2. The van der Waals surface area contributed by atoms with E-state index >= 15 is 0 Å². The summed E-state index contributed by atoms with van der Waals surface area (Å²) < 4.78 is 37.0. The molecule has 1 N–H and O–H groups in total. The van der Waals surface area contributed by atoms with Crippen LogP contribution in [-0.2, 0) is 24.3 Å². The van der Waals surface area contributed by atoms with Crippen molar-refractivity contribution in [2.75, 3.05) is 18.4 Å². The second kappa shape index (κ2) is 8.01. The molecule has 138 valence electrons. The first kappa shape index (κ1) is 19.5. The lowest BCUT2D eigenvalue weighted by atomic mass is 10.1. The molecule has 0 aromatic heterocycles. The van der Waals surface area contributed by atoms with Gasteiger partial charge >= 0.3 is 11.9 Å². The highest BCUT2D eigenvalue weighted by Crippen LogP contribution is 2.21. The van der Waals surface area contributed by atoms with E-state index in [1.807, 2.05) is 6.92 Å². The van der Waals surface area contributed by atoms with Gasteiger partial charge in [0.15, 0.2) is 6.61 Å². The summed E-state index contributed by atoms with van der Waals surface area (Å²) in [6.45, 7) is 2.96. The Morgan fingerprint density at radius 2 is 1.69 bits per heavy atom. The average molecular weight is 377 g/mol. The van der Waals surface area contributed by atoms with Crippen molar-refractivity contribution in [1.82, 2.24) is 0 Å². The zero-order valence-electron chi connectivity index (χ0n) is 14.6. The largest absolute Gasteiger partial charge is 0.466 e. The van der Waals surface area contributed by atoms with Crippen LogP contribution in [0.25, 0.3) is 0 Å². The molecule has 8 heteroatoms. The zero-order valence-corrected chi connectivity index (χ0v) is 15.4. The molecule has 0 saturated heterocycles. The Morgan fingerprint density at radius 1 is 1.04 bits per heavy atom. The number of ether oxygens (including phenoxy) is 2. The van der Waals surface area contributed by atoms with E-state index in [0.29, 0.717) is 11.3 Å². The summed E-state index contributed by atoms with van der Waals surface area (Å²) in [5.41, 5.74) is 1.89. The molecule has 0 atom stereocenters. The highest BCUT2D eigenvalue weighted by Gasteiger charge is 2.20. The Hall–Kier alpha value is -2.87. The standard InChI is InChI=1S/C18H19NO6S/c1-12-4-8-15(9-5-12)19-26(22,23)16-10-14(7-6-13(16)2)18(21)25-11-17(20)24-3/h4-10,19H,11H2,1-3H3. The van der Waals surface area contributed by atoms with E-state index in [0.717, 1.165) is 5.56 Å². The van der Waals surface area contributed by atoms with Crippen molar-refractivity contribution in [2.45, 2.75) is 18.7 Å². The smallest absolute Gasteiger partial charge is 0.344 e. The molecule has 0 spiro atoms. The molecule has 0 bridgehead atoms. The highest BCUT2D eigenvalue weighted by atomic mass is 32.2. The Bertz CT molecular complexity index is 919. The van der Waals surface area contributed by atoms with E-state index in [-0.39, 0.29) is 10.5 Å². The minimum Gasteiger partial charge on any atom is -0.466 e. The lowest BCUT2D eigenvalue weighted by molar-refractivity contribution is -0.144. The molecule has 2 rings (SSSR count). The minimum absolute atomic E-state index is 0.0174. The van der Waals surface area contributed by atoms with E-state index in [9.17, 15) is 18.0 Å². The first-order valence-corrected chi connectivity index (χ1v) is 9.15. The molecule has 2 aromatic rings. The summed E-state index contributed by atoms with van der Waals surface area (Å²) >= 11 is 0. The Kier molecular flexibility index (Phi) is 5.99. The second-order valence-corrected chi connectivity index (χ2v) is 7.25. The molecule has 0 saturated carbocycles. The summed E-state index contributed by atoms with van der Waals surface area (Å²) in [5, 5.41) is 0. The van der Waals surface area contributed by atoms with Gasteiger partial charge in [0.25, 0.3) is 10.0 Å². The van der Waals surface area contributed by atoms with E-state index in [1.54, 1.807) is 31.2 Å². The zero-order chi connectivity index (χ0) is 19.3. The summed E-state index contributed by atoms with van der Waals surface area (Å²) in [4.78, 5) is 23.0. The number of sulfonamides is 1. The molecule has 26 heavy (non-hydrogen) atoms. The maximum atomic E-state index is 12.7. The van der Waals surface area contributed by atoms with Crippen molar-refractivity contribution in [3.8, 4) is 0 Å². The summed E-state index contributed by atoms with van der Waals surface area (Å²) in [5.74, 6) is -1.53. The lowest BCUT2D eigenvalue weighted by Gasteiger charge is -2.12. The van der Waals surface area contributed by atoms with Crippen molar-refractivity contribution in [2.24, 2.45) is 0 Å². The molecule has 0 unspecified atom stereocenters. The van der Waals surface area contributed by atoms with Gasteiger partial charge in [-0.05, 0) is 43.7 Å². The fourth-order valence-electron chi connectivity index (χ4n) is 2.12. The van der Waals surface area contributed by atoms with Gasteiger partial charge in [0.1, 0.15) is 0 Å². The van der Waals surface area contributed by atoms with Crippen molar-refractivity contribution in [1.29, 1.82) is 0 Å². The molecule has 7 nitrogen and oxygen atoms in total. The fourth-order valence-corrected chi connectivity index (χ4v) is 3.45. The Balaban J connectivity index is 2.26. The van der Waals surface area contributed by atoms with Gasteiger partial charge in [0.2, 0.25) is 0 Å². The van der Waals surface area contributed by atoms with Gasteiger partial charge in [-0.3, -0.25) is 4.72 Å². The monoisotopic (exact) mass is 377 g/mol. The summed E-state index contributed by atoms with van der Waals surface area (Å²) in [6, 6.07) is 11.0. The van der Waals surface area contributed by atoms with Crippen LogP contribution in [0, 0.1) is 13.8 Å². The van der Waals surface area contributed by atoms with Crippen molar-refractivity contribution >= 4 is 27.6 Å². The third-order valence-corrected chi connectivity index (χ3v) is 5.09. The van der Waals surface area contributed by atoms with Gasteiger partial charge in [-0.15, -0.1) is 0 Å². The van der Waals surface area contributed by atoms with Gasteiger partial charge in [-0.2, -0.15) is 0 Å². The number of nitrogens with one attached hydrogen (secondary N) is 1. The number of rotatable bonds is 6. The fraction of sp³-hybridized carbons (Fsp3) is 0.222. The van der Waals surface area contributed by atoms with Crippen LogP contribution < -0.4 is 4.72 Å². The molecule has 2 aromatic carbocycles. The number of carbonyl (C=O) groups excluding carboxylic acids is 2. The average Bonchev–Trinajstić information content (AvgIpc) is 2.61. The summed E-state index contributed by atoms with van der Waals surface area (Å²) in [6.07, 6.45) is 0. The van der Waals surface area contributed by atoms with Crippen LogP contribution >= 0.6 is 0 Å². The molecule has 0 fully saturated rings. The van der Waals surface area contributed by atoms with E-state index in [2.05, 4.69) is 9.46 Å². The topological polar surface area (TPSA) is 98.8 Å². The van der Waals surface area contributed by atoms with E-state index in [4.69, 9.17) is 4.74 Å². The molecule has 0 aliphatic heterocycles. The number of esters is 2. The predicted octanol–water partition coefficient (Wildman–Crippen LogP) is 2.43. The van der Waals surface area contributed by atoms with Gasteiger partial charge < -0.3 is 9.47 Å². The maximum Gasteiger partial charge on any atom is 0.344 e. The lowest BCUT2D eigenvalue weighted by Crippen LogP contribution is -2.17. The van der Waals surface area contributed by atoms with E-state index < -0.39 is 28.6 Å². The van der Waals surface area contributed by atoms with Crippen molar-refractivity contribution in [3.63, 3.8) is 0 Å². The third kappa shape index (κ3) is 4.82. The number of anilines is 1. The van der Waals surface area contributed by atoms with Crippen molar-refractivity contribution in [3.05, 3.63) is 59.2 Å². The molecular weight excluding hydrogens is 358 g/mol. The predicted molar refractivity (Wildman–Crippen MR) is 95.5 cm³/mol. The van der Waals surface area contributed by atoms with Crippen LogP contribution in [0.4, 0.5) is 5.69 Å². The van der Waals surface area contributed by atoms with Gasteiger partial charge in [0.05, 0.1) is 17.6 Å². The van der Waals surface area contributed by atoms with Gasteiger partial charge in [-0.1, -0.05) is 23.8 Å². The highest BCUT2D eigenvalue weighted by molar-refractivity contribution is 7.92. The van der Waals surface area contributed by atoms with Crippen molar-refractivity contribution < 1.29 is 27.5 Å². The number of carbonyl (C=O) groups is 2. The number of hydrogen-bond acceptors (Lipinski definition) is 6. The van der Waals surface area contributed by atoms with Crippen LogP contribution in [0.2, 0.25) is 0 Å². The molecule has 0 aliphatic carbocycles. The Morgan fingerprint density at radius 3 is 2.31 bits per heavy atom. The molecule has 0 heterocycles. The SMILES string of the molecule is COC(=O)COC(=O)c1ccc(C)c(S(=O)(=O)Nc2ccc(C)cc2)c1. The second-order valence-electron chi connectivity index (χ2n) is 5.60. The van der Waals surface area contributed by atoms with E-state index in [1.165, 1.54) is 25.3 Å². The first-order chi connectivity index (χ1) is 12.2. The summed E-state index contributed by atoms with van der Waals surface area (Å²) in [7, 11) is -2.73. The van der Waals surface area contributed by atoms with Crippen LogP contribution in [0.3, 0.4) is 0 Å². The van der Waals surface area contributed by atoms with Crippen LogP contribution in [0.1, 0.15) is 21.5 Å².